The first kappa shape index (κ1) is 11.7. The van der Waals surface area contributed by atoms with Gasteiger partial charge in [-0.2, -0.15) is 0 Å². The molecule has 2 nitrogen and oxygen atoms in total. The Morgan fingerprint density at radius 2 is 2.06 bits per heavy atom. The molecule has 0 aromatic heterocycles. The van der Waals surface area contributed by atoms with Gasteiger partial charge in [0.25, 0.3) is 0 Å². The molecule has 1 aromatic rings. The predicted molar refractivity (Wildman–Crippen MR) is 75.7 cm³/mol. The highest BCUT2D eigenvalue weighted by atomic mass is 127. The van der Waals surface area contributed by atoms with Crippen LogP contribution in [0.4, 0.5) is 10.1 Å². The van der Waals surface area contributed by atoms with E-state index in [0.29, 0.717) is 9.61 Å². The molecule has 1 atom stereocenters. The van der Waals surface area contributed by atoms with Gasteiger partial charge in [-0.25, -0.2) is 4.39 Å². The maximum atomic E-state index is 13.5. The summed E-state index contributed by atoms with van der Waals surface area (Å²) in [5, 5.41) is 3.53. The van der Waals surface area contributed by atoms with E-state index in [1.54, 1.807) is 6.07 Å². The van der Waals surface area contributed by atoms with Crippen LogP contribution in [0, 0.1) is 15.3 Å². The standard InChI is InChI=1S/C13H16FIN2/c14-10-2-1-3-11(13(10)15)16-12-8-17-6-4-9(12)5-7-17/h1-3,9,12,16H,4-8H2. The Kier molecular flexibility index (Phi) is 3.25. The molecule has 92 valence electrons. The number of fused-ring (bicyclic) bond motifs is 3. The van der Waals surface area contributed by atoms with Gasteiger partial charge in [-0.15, -0.1) is 0 Å². The van der Waals surface area contributed by atoms with Crippen molar-refractivity contribution >= 4 is 28.3 Å². The van der Waals surface area contributed by atoms with Crippen molar-refractivity contribution in [2.24, 2.45) is 5.92 Å². The summed E-state index contributed by atoms with van der Waals surface area (Å²) >= 11 is 2.08. The highest BCUT2D eigenvalue weighted by Gasteiger charge is 2.34. The summed E-state index contributed by atoms with van der Waals surface area (Å²) in [6.45, 7) is 3.59. The van der Waals surface area contributed by atoms with Gasteiger partial charge in [-0.3, -0.25) is 0 Å². The van der Waals surface area contributed by atoms with E-state index >= 15 is 0 Å². The number of benzene rings is 1. The third kappa shape index (κ3) is 2.29. The van der Waals surface area contributed by atoms with Crippen molar-refractivity contribution < 1.29 is 4.39 Å². The summed E-state index contributed by atoms with van der Waals surface area (Å²) in [7, 11) is 0. The molecule has 1 aromatic carbocycles. The summed E-state index contributed by atoms with van der Waals surface area (Å²) in [6, 6.07) is 5.76. The van der Waals surface area contributed by atoms with Gasteiger partial charge in [0.2, 0.25) is 0 Å². The number of anilines is 1. The fraction of sp³-hybridized carbons (Fsp3) is 0.538. The highest BCUT2D eigenvalue weighted by molar-refractivity contribution is 14.1. The quantitative estimate of drug-likeness (QED) is 0.829. The largest absolute Gasteiger partial charge is 0.380 e. The van der Waals surface area contributed by atoms with E-state index in [1.165, 1.54) is 32.0 Å². The molecule has 0 spiro atoms. The molecule has 3 fully saturated rings. The minimum absolute atomic E-state index is 0.128. The number of hydrogen-bond acceptors (Lipinski definition) is 2. The second-order valence-electron chi connectivity index (χ2n) is 4.99. The van der Waals surface area contributed by atoms with E-state index in [1.807, 2.05) is 6.07 Å². The van der Waals surface area contributed by atoms with Gasteiger partial charge in [-0.05, 0) is 66.6 Å². The number of nitrogens with zero attached hydrogens (tertiary/aromatic N) is 1. The number of halogens is 2. The van der Waals surface area contributed by atoms with Crippen LogP contribution in [0.3, 0.4) is 0 Å². The second-order valence-corrected chi connectivity index (χ2v) is 6.07. The highest BCUT2D eigenvalue weighted by Crippen LogP contribution is 2.31. The first-order chi connectivity index (χ1) is 8.24. The molecule has 4 rings (SSSR count). The molecule has 3 heterocycles. The average molecular weight is 346 g/mol. The Balaban J connectivity index is 1.76. The Hall–Kier alpha value is -0.360. The van der Waals surface area contributed by atoms with Crippen molar-refractivity contribution in [3.63, 3.8) is 0 Å². The maximum absolute atomic E-state index is 13.5. The molecule has 0 amide bonds. The summed E-state index contributed by atoms with van der Waals surface area (Å²) in [6.07, 6.45) is 2.56. The average Bonchev–Trinajstić information content (AvgIpc) is 2.36. The Morgan fingerprint density at radius 1 is 1.29 bits per heavy atom. The molecule has 4 heteroatoms. The summed E-state index contributed by atoms with van der Waals surface area (Å²) in [4.78, 5) is 2.50. The van der Waals surface area contributed by atoms with Crippen molar-refractivity contribution in [2.45, 2.75) is 18.9 Å². The van der Waals surface area contributed by atoms with Crippen molar-refractivity contribution in [3.05, 3.63) is 27.6 Å². The fourth-order valence-electron chi connectivity index (χ4n) is 2.94. The molecular weight excluding hydrogens is 330 g/mol. The van der Waals surface area contributed by atoms with Gasteiger partial charge in [0.15, 0.2) is 0 Å². The van der Waals surface area contributed by atoms with Crippen LogP contribution in [0.1, 0.15) is 12.8 Å². The van der Waals surface area contributed by atoms with E-state index in [9.17, 15) is 4.39 Å². The topological polar surface area (TPSA) is 15.3 Å². The molecule has 17 heavy (non-hydrogen) atoms. The molecule has 2 bridgehead atoms. The molecule has 0 aliphatic carbocycles. The van der Waals surface area contributed by atoms with Crippen LogP contribution >= 0.6 is 22.6 Å². The lowest BCUT2D eigenvalue weighted by atomic mass is 9.84. The molecule has 1 N–H and O–H groups in total. The smallest absolute Gasteiger partial charge is 0.138 e. The lowest BCUT2D eigenvalue weighted by molar-refractivity contribution is 0.0975. The van der Waals surface area contributed by atoms with Crippen LogP contribution in [0.25, 0.3) is 0 Å². The summed E-state index contributed by atoms with van der Waals surface area (Å²) < 4.78 is 14.2. The van der Waals surface area contributed by atoms with Crippen LogP contribution in [0.5, 0.6) is 0 Å². The zero-order chi connectivity index (χ0) is 11.8. The zero-order valence-electron chi connectivity index (χ0n) is 9.63. The van der Waals surface area contributed by atoms with E-state index in [-0.39, 0.29) is 5.82 Å². The van der Waals surface area contributed by atoms with Crippen LogP contribution in [-0.2, 0) is 0 Å². The monoisotopic (exact) mass is 346 g/mol. The van der Waals surface area contributed by atoms with Gasteiger partial charge in [0.05, 0.1) is 9.26 Å². The summed E-state index contributed by atoms with van der Waals surface area (Å²) in [5.41, 5.74) is 0.948. The molecule has 3 aliphatic rings. The first-order valence-corrected chi connectivity index (χ1v) is 7.25. The van der Waals surface area contributed by atoms with Crippen molar-refractivity contribution in [3.8, 4) is 0 Å². The molecule has 3 saturated heterocycles. The minimum atomic E-state index is -0.128. The van der Waals surface area contributed by atoms with Gasteiger partial charge < -0.3 is 10.2 Å². The molecule has 0 radical (unpaired) electrons. The van der Waals surface area contributed by atoms with Crippen LogP contribution in [-0.4, -0.2) is 30.6 Å². The van der Waals surface area contributed by atoms with Crippen molar-refractivity contribution in [1.82, 2.24) is 4.90 Å². The lowest BCUT2D eigenvalue weighted by Gasteiger charge is -2.45. The SMILES string of the molecule is Fc1cccc(NC2CN3CCC2CC3)c1I. The van der Waals surface area contributed by atoms with Crippen molar-refractivity contribution in [2.75, 3.05) is 25.0 Å². The van der Waals surface area contributed by atoms with E-state index in [2.05, 4.69) is 32.8 Å². The van der Waals surface area contributed by atoms with E-state index in [4.69, 9.17) is 0 Å². The first-order valence-electron chi connectivity index (χ1n) is 6.17. The normalized spacial score (nSPS) is 31.5. The van der Waals surface area contributed by atoms with Gasteiger partial charge in [0, 0.05) is 12.6 Å². The van der Waals surface area contributed by atoms with Crippen LogP contribution in [0.15, 0.2) is 18.2 Å². The lowest BCUT2D eigenvalue weighted by Crippen LogP contribution is -2.53. The van der Waals surface area contributed by atoms with Gasteiger partial charge in [-0.1, -0.05) is 6.07 Å². The third-order valence-electron chi connectivity index (χ3n) is 3.95. The third-order valence-corrected chi connectivity index (χ3v) is 5.05. The van der Waals surface area contributed by atoms with Crippen molar-refractivity contribution in [1.29, 1.82) is 0 Å². The number of rotatable bonds is 2. The van der Waals surface area contributed by atoms with Crippen LogP contribution in [0.2, 0.25) is 0 Å². The fourth-order valence-corrected chi connectivity index (χ4v) is 3.46. The Labute approximate surface area is 115 Å². The van der Waals surface area contributed by atoms with E-state index < -0.39 is 0 Å². The van der Waals surface area contributed by atoms with E-state index in [0.717, 1.165) is 18.2 Å². The minimum Gasteiger partial charge on any atom is -0.380 e. The Morgan fingerprint density at radius 3 is 2.71 bits per heavy atom. The predicted octanol–water partition coefficient (Wildman–Crippen LogP) is 2.94. The van der Waals surface area contributed by atoms with Gasteiger partial charge >= 0.3 is 0 Å². The zero-order valence-corrected chi connectivity index (χ0v) is 11.8. The van der Waals surface area contributed by atoms with Crippen LogP contribution < -0.4 is 5.32 Å². The number of nitrogens with one attached hydrogen (secondary N) is 1. The Bertz CT molecular complexity index is 416. The van der Waals surface area contributed by atoms with Gasteiger partial charge in [0.1, 0.15) is 5.82 Å². The maximum Gasteiger partial charge on any atom is 0.138 e. The molecular formula is C13H16FIN2. The number of hydrogen-bond donors (Lipinski definition) is 1. The molecule has 3 aliphatic heterocycles. The second kappa shape index (κ2) is 4.72. The number of piperidine rings is 3. The molecule has 1 unspecified atom stereocenters. The summed E-state index contributed by atoms with van der Waals surface area (Å²) in [5.74, 6) is 0.635. The molecule has 0 saturated carbocycles.